The van der Waals surface area contributed by atoms with Gasteiger partial charge in [-0.25, -0.2) is 9.97 Å². The minimum atomic E-state index is -0.0151. The zero-order chi connectivity index (χ0) is 11.5. The third-order valence-corrected chi connectivity index (χ3v) is 2.79. The Balaban J connectivity index is 2.19. The van der Waals surface area contributed by atoms with Gasteiger partial charge >= 0.3 is 0 Å². The highest BCUT2D eigenvalue weighted by molar-refractivity contribution is 5.34. The molecule has 1 aromatic heterocycles. The predicted octanol–water partition coefficient (Wildman–Crippen LogP) is 0.641. The highest BCUT2D eigenvalue weighted by Gasteiger charge is 2.15. The molecule has 1 aromatic rings. The van der Waals surface area contributed by atoms with Gasteiger partial charge in [0.2, 0.25) is 5.95 Å². The Morgan fingerprint density at radius 2 is 2.12 bits per heavy atom. The van der Waals surface area contributed by atoms with Gasteiger partial charge in [0.25, 0.3) is 0 Å². The molecule has 0 spiro atoms. The van der Waals surface area contributed by atoms with E-state index in [1.165, 1.54) is 0 Å². The van der Waals surface area contributed by atoms with Crippen molar-refractivity contribution in [3.63, 3.8) is 0 Å². The van der Waals surface area contributed by atoms with Crippen molar-refractivity contribution in [2.75, 3.05) is 31.2 Å². The molecule has 1 fully saturated rings. The molecule has 0 radical (unpaired) electrons. The van der Waals surface area contributed by atoms with E-state index >= 15 is 0 Å². The molecule has 1 atom stereocenters. The van der Waals surface area contributed by atoms with Crippen LogP contribution in [0.1, 0.15) is 24.2 Å². The summed E-state index contributed by atoms with van der Waals surface area (Å²) >= 11 is 0. The number of nitrogens with zero attached hydrogens (tertiary/aromatic N) is 3. The van der Waals surface area contributed by atoms with Crippen molar-refractivity contribution < 1.29 is 4.74 Å². The Labute approximate surface area is 95.6 Å². The second-order valence-corrected chi connectivity index (χ2v) is 4.10. The van der Waals surface area contributed by atoms with Crippen molar-refractivity contribution in [2.24, 2.45) is 5.73 Å². The molecule has 2 heterocycles. The molecular weight excluding hydrogens is 204 g/mol. The number of aromatic nitrogens is 2. The van der Waals surface area contributed by atoms with Crippen LogP contribution in [-0.2, 0) is 4.74 Å². The van der Waals surface area contributed by atoms with Crippen molar-refractivity contribution in [3.05, 3.63) is 17.5 Å². The molecule has 0 aliphatic carbocycles. The summed E-state index contributed by atoms with van der Waals surface area (Å²) in [5.74, 6) is 0.783. The summed E-state index contributed by atoms with van der Waals surface area (Å²) in [5, 5.41) is 0. The van der Waals surface area contributed by atoms with E-state index in [1.54, 1.807) is 0 Å². The van der Waals surface area contributed by atoms with Crippen molar-refractivity contribution >= 4 is 5.95 Å². The Morgan fingerprint density at radius 1 is 1.44 bits per heavy atom. The average Bonchev–Trinajstić information content (AvgIpc) is 2.29. The van der Waals surface area contributed by atoms with Gasteiger partial charge < -0.3 is 15.4 Å². The van der Waals surface area contributed by atoms with Gasteiger partial charge in [-0.05, 0) is 13.8 Å². The van der Waals surface area contributed by atoms with Gasteiger partial charge in [-0.2, -0.15) is 0 Å². The first-order chi connectivity index (χ1) is 7.68. The van der Waals surface area contributed by atoms with E-state index in [1.807, 2.05) is 20.0 Å². The van der Waals surface area contributed by atoms with Gasteiger partial charge in [0.15, 0.2) is 0 Å². The highest BCUT2D eigenvalue weighted by atomic mass is 16.5. The molecule has 0 saturated carbocycles. The van der Waals surface area contributed by atoms with E-state index in [9.17, 15) is 0 Å². The molecule has 16 heavy (non-hydrogen) atoms. The maximum Gasteiger partial charge on any atom is 0.225 e. The topological polar surface area (TPSA) is 64.3 Å². The van der Waals surface area contributed by atoms with Crippen LogP contribution in [-0.4, -0.2) is 36.3 Å². The molecule has 0 bridgehead atoms. The highest BCUT2D eigenvalue weighted by Crippen LogP contribution is 2.16. The number of hydrogen-bond acceptors (Lipinski definition) is 5. The maximum absolute atomic E-state index is 5.83. The summed E-state index contributed by atoms with van der Waals surface area (Å²) in [6.07, 6.45) is 1.83. The predicted molar refractivity (Wildman–Crippen MR) is 62.4 cm³/mol. The SMILES string of the molecule is Cc1nc(N2CCOCC2)ncc1C(C)N. The van der Waals surface area contributed by atoms with Crippen LogP contribution < -0.4 is 10.6 Å². The first-order valence-corrected chi connectivity index (χ1v) is 5.60. The molecule has 1 aliphatic rings. The van der Waals surface area contributed by atoms with Crippen LogP contribution in [0.5, 0.6) is 0 Å². The van der Waals surface area contributed by atoms with E-state index in [0.717, 1.165) is 43.5 Å². The third kappa shape index (κ3) is 2.31. The first kappa shape index (κ1) is 11.3. The van der Waals surface area contributed by atoms with E-state index in [4.69, 9.17) is 10.5 Å². The summed E-state index contributed by atoms with van der Waals surface area (Å²) in [7, 11) is 0. The molecule has 0 aromatic carbocycles. The maximum atomic E-state index is 5.83. The number of morpholine rings is 1. The summed E-state index contributed by atoms with van der Waals surface area (Å²) in [4.78, 5) is 11.0. The number of nitrogens with two attached hydrogens (primary N) is 1. The minimum Gasteiger partial charge on any atom is -0.378 e. The van der Waals surface area contributed by atoms with Crippen LogP contribution in [0.4, 0.5) is 5.95 Å². The lowest BCUT2D eigenvalue weighted by Gasteiger charge is -2.27. The van der Waals surface area contributed by atoms with Crippen molar-refractivity contribution in [3.8, 4) is 0 Å². The van der Waals surface area contributed by atoms with Crippen LogP contribution >= 0.6 is 0 Å². The van der Waals surface area contributed by atoms with Gasteiger partial charge in [0, 0.05) is 36.6 Å². The third-order valence-electron chi connectivity index (χ3n) is 2.79. The van der Waals surface area contributed by atoms with Crippen molar-refractivity contribution in [1.82, 2.24) is 9.97 Å². The molecule has 2 rings (SSSR count). The second-order valence-electron chi connectivity index (χ2n) is 4.10. The fraction of sp³-hybridized carbons (Fsp3) is 0.636. The molecule has 1 unspecified atom stereocenters. The normalized spacial score (nSPS) is 18.6. The van der Waals surface area contributed by atoms with Crippen molar-refractivity contribution in [2.45, 2.75) is 19.9 Å². The van der Waals surface area contributed by atoms with Crippen LogP contribution in [0.2, 0.25) is 0 Å². The largest absolute Gasteiger partial charge is 0.378 e. The van der Waals surface area contributed by atoms with Gasteiger partial charge in [0.05, 0.1) is 13.2 Å². The number of aryl methyl sites for hydroxylation is 1. The van der Waals surface area contributed by atoms with E-state index < -0.39 is 0 Å². The lowest BCUT2D eigenvalue weighted by Crippen LogP contribution is -2.37. The molecule has 88 valence electrons. The van der Waals surface area contributed by atoms with Gasteiger partial charge in [-0.15, -0.1) is 0 Å². The lowest BCUT2D eigenvalue weighted by molar-refractivity contribution is 0.122. The van der Waals surface area contributed by atoms with E-state index in [0.29, 0.717) is 0 Å². The summed E-state index contributed by atoms with van der Waals surface area (Å²) < 4.78 is 5.30. The molecule has 0 amide bonds. The van der Waals surface area contributed by atoms with Crippen LogP contribution in [0, 0.1) is 6.92 Å². The Bertz CT molecular complexity index is 361. The quantitative estimate of drug-likeness (QED) is 0.795. The number of anilines is 1. The summed E-state index contributed by atoms with van der Waals surface area (Å²) in [5.41, 5.74) is 7.80. The van der Waals surface area contributed by atoms with Crippen LogP contribution in [0.3, 0.4) is 0 Å². The molecular formula is C11H18N4O. The van der Waals surface area contributed by atoms with Gasteiger partial charge in [-0.1, -0.05) is 0 Å². The van der Waals surface area contributed by atoms with E-state index in [2.05, 4.69) is 14.9 Å². The lowest BCUT2D eigenvalue weighted by atomic mass is 10.1. The van der Waals surface area contributed by atoms with E-state index in [-0.39, 0.29) is 6.04 Å². The fourth-order valence-electron chi connectivity index (χ4n) is 1.83. The van der Waals surface area contributed by atoms with Crippen LogP contribution in [0.15, 0.2) is 6.20 Å². The smallest absolute Gasteiger partial charge is 0.225 e. The second kappa shape index (κ2) is 4.76. The monoisotopic (exact) mass is 222 g/mol. The molecule has 5 nitrogen and oxygen atoms in total. The Morgan fingerprint density at radius 3 is 2.69 bits per heavy atom. The zero-order valence-corrected chi connectivity index (χ0v) is 9.81. The number of ether oxygens (including phenoxy) is 1. The van der Waals surface area contributed by atoms with Gasteiger partial charge in [0.1, 0.15) is 0 Å². The molecule has 1 saturated heterocycles. The number of rotatable bonds is 2. The average molecular weight is 222 g/mol. The first-order valence-electron chi connectivity index (χ1n) is 5.60. The van der Waals surface area contributed by atoms with Crippen LogP contribution in [0.25, 0.3) is 0 Å². The van der Waals surface area contributed by atoms with Crippen molar-refractivity contribution in [1.29, 1.82) is 0 Å². The molecule has 5 heteroatoms. The Hall–Kier alpha value is -1.20. The summed E-state index contributed by atoms with van der Waals surface area (Å²) in [6.45, 7) is 7.13. The Kier molecular flexibility index (Phi) is 3.36. The standard InChI is InChI=1S/C11H18N4O/c1-8(12)10-7-13-11(14-9(10)2)15-3-5-16-6-4-15/h7-8H,3-6,12H2,1-2H3. The van der Waals surface area contributed by atoms with Gasteiger partial charge in [-0.3, -0.25) is 0 Å². The molecule has 2 N–H and O–H groups in total. The number of hydrogen-bond donors (Lipinski definition) is 1. The molecule has 1 aliphatic heterocycles. The minimum absolute atomic E-state index is 0.0151. The zero-order valence-electron chi connectivity index (χ0n) is 9.81. The summed E-state index contributed by atoms with van der Waals surface area (Å²) in [6, 6.07) is -0.0151. The fourth-order valence-corrected chi connectivity index (χ4v) is 1.83.